The molecule has 18 heavy (non-hydrogen) atoms. The lowest BCUT2D eigenvalue weighted by Crippen LogP contribution is -2.49. The number of carbonyl (C=O) groups excluding carboxylic acids is 1. The van der Waals surface area contributed by atoms with Crippen molar-refractivity contribution in [2.24, 2.45) is 5.73 Å². The Morgan fingerprint density at radius 3 is 2.44 bits per heavy atom. The van der Waals surface area contributed by atoms with Crippen molar-refractivity contribution in [3.63, 3.8) is 0 Å². The monoisotopic (exact) mass is 255 g/mol. The molecular formula is C14H29N3O. The van der Waals surface area contributed by atoms with E-state index < -0.39 is 0 Å². The molecule has 0 spiro atoms. The SMILES string of the molecule is CCCCNC(=O)N(CCC)C1CCC(N)CC1. The van der Waals surface area contributed by atoms with Crippen molar-refractivity contribution in [3.05, 3.63) is 0 Å². The van der Waals surface area contributed by atoms with Crippen LogP contribution in [0.1, 0.15) is 58.8 Å². The molecule has 0 aliphatic heterocycles. The van der Waals surface area contributed by atoms with Gasteiger partial charge in [-0.05, 0) is 38.5 Å². The minimum atomic E-state index is 0.116. The molecule has 1 fully saturated rings. The summed E-state index contributed by atoms with van der Waals surface area (Å²) in [7, 11) is 0. The fourth-order valence-electron chi connectivity index (χ4n) is 2.58. The molecule has 1 saturated carbocycles. The van der Waals surface area contributed by atoms with Crippen LogP contribution in [0.5, 0.6) is 0 Å². The lowest BCUT2D eigenvalue weighted by atomic mass is 9.91. The third-order valence-corrected chi connectivity index (χ3v) is 3.71. The van der Waals surface area contributed by atoms with Crippen LogP contribution in [0.15, 0.2) is 0 Å². The smallest absolute Gasteiger partial charge is 0.317 e. The molecule has 0 bridgehead atoms. The van der Waals surface area contributed by atoms with E-state index in [-0.39, 0.29) is 6.03 Å². The van der Waals surface area contributed by atoms with Gasteiger partial charge in [0.1, 0.15) is 0 Å². The second-order valence-electron chi connectivity index (χ2n) is 5.35. The number of hydrogen-bond donors (Lipinski definition) is 2. The van der Waals surface area contributed by atoms with Crippen molar-refractivity contribution in [1.29, 1.82) is 0 Å². The first-order valence-electron chi connectivity index (χ1n) is 7.49. The molecule has 1 aliphatic rings. The van der Waals surface area contributed by atoms with E-state index >= 15 is 0 Å². The quantitative estimate of drug-likeness (QED) is 0.716. The Morgan fingerprint density at radius 2 is 1.89 bits per heavy atom. The second kappa shape index (κ2) is 8.35. The molecule has 1 aliphatic carbocycles. The van der Waals surface area contributed by atoms with E-state index in [1.54, 1.807) is 0 Å². The van der Waals surface area contributed by atoms with Gasteiger partial charge < -0.3 is 16.0 Å². The third kappa shape index (κ3) is 4.84. The molecule has 4 heteroatoms. The molecule has 0 saturated heterocycles. The van der Waals surface area contributed by atoms with Crippen molar-refractivity contribution < 1.29 is 4.79 Å². The van der Waals surface area contributed by atoms with E-state index in [0.29, 0.717) is 12.1 Å². The van der Waals surface area contributed by atoms with Gasteiger partial charge in [0.15, 0.2) is 0 Å². The highest BCUT2D eigenvalue weighted by molar-refractivity contribution is 5.74. The van der Waals surface area contributed by atoms with Gasteiger partial charge in [-0.15, -0.1) is 0 Å². The van der Waals surface area contributed by atoms with Crippen molar-refractivity contribution >= 4 is 6.03 Å². The summed E-state index contributed by atoms with van der Waals surface area (Å²) in [5, 5.41) is 3.03. The predicted octanol–water partition coefficient (Wildman–Crippen LogP) is 2.48. The zero-order valence-electron chi connectivity index (χ0n) is 12.0. The minimum Gasteiger partial charge on any atom is -0.338 e. The van der Waals surface area contributed by atoms with E-state index in [2.05, 4.69) is 19.2 Å². The summed E-state index contributed by atoms with van der Waals surface area (Å²) in [6.45, 7) is 5.92. The largest absolute Gasteiger partial charge is 0.338 e. The molecule has 0 unspecified atom stereocenters. The Balaban J connectivity index is 2.44. The first-order chi connectivity index (χ1) is 8.69. The highest BCUT2D eigenvalue weighted by Crippen LogP contribution is 2.22. The summed E-state index contributed by atoms with van der Waals surface area (Å²) in [6.07, 6.45) is 7.41. The van der Waals surface area contributed by atoms with Crippen molar-refractivity contribution in [1.82, 2.24) is 10.2 Å². The lowest BCUT2D eigenvalue weighted by Gasteiger charge is -2.36. The first-order valence-corrected chi connectivity index (χ1v) is 7.49. The van der Waals surface area contributed by atoms with Gasteiger partial charge in [-0.3, -0.25) is 0 Å². The molecule has 4 nitrogen and oxygen atoms in total. The summed E-state index contributed by atoms with van der Waals surface area (Å²) in [5.74, 6) is 0. The van der Waals surface area contributed by atoms with Crippen LogP contribution in [0, 0.1) is 0 Å². The molecule has 1 rings (SSSR count). The molecule has 2 amide bonds. The number of nitrogens with one attached hydrogen (secondary N) is 1. The van der Waals surface area contributed by atoms with Crippen LogP contribution in [-0.4, -0.2) is 36.1 Å². The molecule has 0 aromatic rings. The predicted molar refractivity (Wildman–Crippen MR) is 75.5 cm³/mol. The van der Waals surface area contributed by atoms with Crippen LogP contribution in [0.2, 0.25) is 0 Å². The number of rotatable bonds is 6. The van der Waals surface area contributed by atoms with E-state index in [1.807, 2.05) is 4.90 Å². The topological polar surface area (TPSA) is 58.4 Å². The van der Waals surface area contributed by atoms with Crippen LogP contribution in [0.4, 0.5) is 4.79 Å². The molecule has 3 N–H and O–H groups in total. The molecule has 0 atom stereocenters. The van der Waals surface area contributed by atoms with Crippen molar-refractivity contribution in [3.8, 4) is 0 Å². The van der Waals surface area contributed by atoms with Gasteiger partial charge in [0.25, 0.3) is 0 Å². The first kappa shape index (κ1) is 15.3. The van der Waals surface area contributed by atoms with Crippen LogP contribution in [0.25, 0.3) is 0 Å². The third-order valence-electron chi connectivity index (χ3n) is 3.71. The Morgan fingerprint density at radius 1 is 1.22 bits per heavy atom. The van der Waals surface area contributed by atoms with Crippen LogP contribution >= 0.6 is 0 Å². The fourth-order valence-corrected chi connectivity index (χ4v) is 2.58. The number of hydrogen-bond acceptors (Lipinski definition) is 2. The van der Waals surface area contributed by atoms with Crippen LogP contribution in [0.3, 0.4) is 0 Å². The van der Waals surface area contributed by atoms with Crippen LogP contribution < -0.4 is 11.1 Å². The Labute approximate surface area is 111 Å². The van der Waals surface area contributed by atoms with Crippen LogP contribution in [-0.2, 0) is 0 Å². The van der Waals surface area contributed by atoms with Gasteiger partial charge >= 0.3 is 6.03 Å². The fraction of sp³-hybridized carbons (Fsp3) is 0.929. The normalized spacial score (nSPS) is 23.7. The number of amides is 2. The summed E-state index contributed by atoms with van der Waals surface area (Å²) in [5.41, 5.74) is 5.93. The van der Waals surface area contributed by atoms with E-state index in [0.717, 1.165) is 58.0 Å². The van der Waals surface area contributed by atoms with Crippen molar-refractivity contribution in [2.45, 2.75) is 70.9 Å². The maximum Gasteiger partial charge on any atom is 0.317 e. The molecule has 0 aromatic carbocycles. The van der Waals surface area contributed by atoms with Gasteiger partial charge in [0.2, 0.25) is 0 Å². The van der Waals surface area contributed by atoms with Gasteiger partial charge in [-0.25, -0.2) is 4.79 Å². The molecular weight excluding hydrogens is 226 g/mol. The number of unbranched alkanes of at least 4 members (excludes halogenated alkanes) is 1. The highest BCUT2D eigenvalue weighted by atomic mass is 16.2. The standard InChI is InChI=1S/C14H29N3O/c1-3-5-10-16-14(18)17(11-4-2)13-8-6-12(15)7-9-13/h12-13H,3-11,15H2,1-2H3,(H,16,18). The van der Waals surface area contributed by atoms with Crippen molar-refractivity contribution in [2.75, 3.05) is 13.1 Å². The molecule has 106 valence electrons. The van der Waals surface area contributed by atoms with E-state index in [1.165, 1.54) is 0 Å². The average molecular weight is 255 g/mol. The number of nitrogens with two attached hydrogens (primary N) is 1. The molecule has 0 heterocycles. The summed E-state index contributed by atoms with van der Waals surface area (Å²) < 4.78 is 0. The lowest BCUT2D eigenvalue weighted by molar-refractivity contribution is 0.151. The minimum absolute atomic E-state index is 0.116. The summed E-state index contributed by atoms with van der Waals surface area (Å²) in [4.78, 5) is 14.2. The number of urea groups is 1. The van der Waals surface area contributed by atoms with E-state index in [4.69, 9.17) is 5.73 Å². The zero-order valence-corrected chi connectivity index (χ0v) is 12.0. The van der Waals surface area contributed by atoms with Gasteiger partial charge in [0, 0.05) is 25.2 Å². The average Bonchev–Trinajstić information content (AvgIpc) is 2.37. The second-order valence-corrected chi connectivity index (χ2v) is 5.35. The number of nitrogens with zero attached hydrogens (tertiary/aromatic N) is 1. The Hall–Kier alpha value is -0.770. The Kier molecular flexibility index (Phi) is 7.09. The van der Waals surface area contributed by atoms with Gasteiger partial charge in [-0.1, -0.05) is 20.3 Å². The molecule has 0 radical (unpaired) electrons. The summed E-state index contributed by atoms with van der Waals surface area (Å²) >= 11 is 0. The maximum absolute atomic E-state index is 12.2. The highest BCUT2D eigenvalue weighted by Gasteiger charge is 2.26. The van der Waals surface area contributed by atoms with E-state index in [9.17, 15) is 4.79 Å². The number of carbonyl (C=O) groups is 1. The van der Waals surface area contributed by atoms with Gasteiger partial charge in [0.05, 0.1) is 0 Å². The zero-order chi connectivity index (χ0) is 13.4. The van der Waals surface area contributed by atoms with Gasteiger partial charge in [-0.2, -0.15) is 0 Å². The summed E-state index contributed by atoms with van der Waals surface area (Å²) in [6, 6.07) is 0.852. The maximum atomic E-state index is 12.2. The molecule has 0 aromatic heterocycles. The Bertz CT molecular complexity index is 237.